The van der Waals surface area contributed by atoms with Crippen molar-refractivity contribution in [3.05, 3.63) is 66.4 Å². The first-order valence-corrected chi connectivity index (χ1v) is 7.23. The average molecular weight is 281 g/mol. The lowest BCUT2D eigenvalue weighted by molar-refractivity contribution is 0.176. The van der Waals surface area contributed by atoms with Crippen molar-refractivity contribution in [1.82, 2.24) is 0 Å². The van der Waals surface area contributed by atoms with Crippen LogP contribution in [0.4, 0.5) is 5.69 Å². The summed E-state index contributed by atoms with van der Waals surface area (Å²) in [5.74, 6) is 1.80. The molecule has 1 aliphatic rings. The van der Waals surface area contributed by atoms with Crippen LogP contribution in [0.3, 0.4) is 0 Å². The topological polar surface area (TPSA) is 44.5 Å². The molecule has 0 radical (unpaired) electrons. The summed E-state index contributed by atoms with van der Waals surface area (Å²) in [7, 11) is 0. The lowest BCUT2D eigenvalue weighted by Crippen LogP contribution is -2.21. The van der Waals surface area contributed by atoms with E-state index in [1.54, 1.807) is 6.26 Å². The van der Waals surface area contributed by atoms with Crippen molar-refractivity contribution >= 4 is 5.69 Å². The first-order chi connectivity index (χ1) is 10.3. The molecule has 0 amide bonds. The molecule has 0 aromatic heterocycles. The summed E-state index contributed by atoms with van der Waals surface area (Å²) in [6.07, 6.45) is 6.93. The molecule has 3 nitrogen and oxygen atoms in total. The fraction of sp³-hybridized carbons (Fsp3) is 0.222. The molecule has 1 atom stereocenters. The van der Waals surface area contributed by atoms with Crippen LogP contribution in [0.1, 0.15) is 18.4 Å². The smallest absolute Gasteiger partial charge is 0.126 e. The Labute approximate surface area is 125 Å². The van der Waals surface area contributed by atoms with Gasteiger partial charge in [-0.25, -0.2) is 0 Å². The molecule has 2 aromatic carbocycles. The molecule has 108 valence electrons. The third kappa shape index (κ3) is 3.57. The van der Waals surface area contributed by atoms with Crippen molar-refractivity contribution in [2.45, 2.75) is 25.4 Å². The zero-order valence-corrected chi connectivity index (χ0v) is 11.9. The molecule has 0 saturated carbocycles. The Bertz CT molecular complexity index is 619. The largest absolute Gasteiger partial charge is 0.490 e. The van der Waals surface area contributed by atoms with Gasteiger partial charge < -0.3 is 15.2 Å². The molecule has 0 spiro atoms. The summed E-state index contributed by atoms with van der Waals surface area (Å²) in [6.45, 7) is 0. The zero-order valence-electron chi connectivity index (χ0n) is 11.9. The summed E-state index contributed by atoms with van der Waals surface area (Å²) in [5.41, 5.74) is 7.67. The van der Waals surface area contributed by atoms with Gasteiger partial charge in [-0.3, -0.25) is 0 Å². The van der Waals surface area contributed by atoms with Crippen molar-refractivity contribution < 1.29 is 9.47 Å². The van der Waals surface area contributed by atoms with Crippen LogP contribution in [-0.2, 0) is 6.42 Å². The molecular weight excluding hydrogens is 262 g/mol. The summed E-state index contributed by atoms with van der Waals surface area (Å²) < 4.78 is 11.5. The van der Waals surface area contributed by atoms with Crippen LogP contribution in [0.15, 0.2) is 60.9 Å². The fourth-order valence-corrected chi connectivity index (χ4v) is 2.43. The highest BCUT2D eigenvalue weighted by Gasteiger charge is 2.17. The second-order valence-corrected chi connectivity index (χ2v) is 5.18. The molecule has 3 heteroatoms. The van der Waals surface area contributed by atoms with E-state index in [0.29, 0.717) is 0 Å². The standard InChI is InChI=1S/C18H19NO2/c19-15-8-11-16(12-9-15)20-13-3-5-17-10-7-14-4-1-2-6-18(14)21-17/h1-4,6,8-9,11-13,17H,5,7,10,19H2. The second kappa shape index (κ2) is 6.35. The van der Waals surface area contributed by atoms with E-state index in [4.69, 9.17) is 15.2 Å². The minimum absolute atomic E-state index is 0.228. The van der Waals surface area contributed by atoms with Gasteiger partial charge in [0.2, 0.25) is 0 Å². The Morgan fingerprint density at radius 2 is 1.95 bits per heavy atom. The summed E-state index contributed by atoms with van der Waals surface area (Å²) in [6, 6.07) is 15.6. The average Bonchev–Trinajstić information content (AvgIpc) is 2.53. The fourth-order valence-electron chi connectivity index (χ4n) is 2.43. The SMILES string of the molecule is Nc1ccc(OC=CCC2CCc3ccccc3O2)cc1. The minimum atomic E-state index is 0.228. The van der Waals surface area contributed by atoms with Crippen molar-refractivity contribution in [2.75, 3.05) is 5.73 Å². The number of nitrogen functional groups attached to an aromatic ring is 1. The van der Waals surface area contributed by atoms with E-state index in [1.165, 1.54) is 5.56 Å². The van der Waals surface area contributed by atoms with E-state index in [-0.39, 0.29) is 6.10 Å². The number of benzene rings is 2. The van der Waals surface area contributed by atoms with Crippen LogP contribution < -0.4 is 15.2 Å². The van der Waals surface area contributed by atoms with Crippen molar-refractivity contribution in [3.63, 3.8) is 0 Å². The van der Waals surface area contributed by atoms with Gasteiger partial charge in [-0.15, -0.1) is 0 Å². The normalized spacial score (nSPS) is 17.2. The van der Waals surface area contributed by atoms with E-state index < -0.39 is 0 Å². The Morgan fingerprint density at radius 1 is 1.14 bits per heavy atom. The first kappa shape index (κ1) is 13.6. The van der Waals surface area contributed by atoms with Crippen LogP contribution in [-0.4, -0.2) is 6.10 Å². The number of aryl methyl sites for hydroxylation is 1. The molecule has 3 rings (SSSR count). The predicted octanol–water partition coefficient (Wildman–Crippen LogP) is 3.95. The molecule has 0 saturated heterocycles. The number of para-hydroxylation sites is 1. The van der Waals surface area contributed by atoms with Gasteiger partial charge in [0.1, 0.15) is 17.6 Å². The Hall–Kier alpha value is -2.42. The molecule has 0 fully saturated rings. The maximum atomic E-state index is 5.98. The van der Waals surface area contributed by atoms with E-state index in [1.807, 2.05) is 42.5 Å². The molecule has 1 aliphatic heterocycles. The molecule has 1 heterocycles. The maximum Gasteiger partial charge on any atom is 0.126 e. The lowest BCUT2D eigenvalue weighted by Gasteiger charge is -2.25. The van der Waals surface area contributed by atoms with Crippen LogP contribution >= 0.6 is 0 Å². The van der Waals surface area contributed by atoms with Gasteiger partial charge >= 0.3 is 0 Å². The Morgan fingerprint density at radius 3 is 2.81 bits per heavy atom. The number of nitrogens with two attached hydrogens (primary N) is 1. The van der Waals surface area contributed by atoms with Gasteiger partial charge in [-0.1, -0.05) is 18.2 Å². The van der Waals surface area contributed by atoms with Gasteiger partial charge in [0.25, 0.3) is 0 Å². The van der Waals surface area contributed by atoms with E-state index >= 15 is 0 Å². The number of hydrogen-bond acceptors (Lipinski definition) is 3. The van der Waals surface area contributed by atoms with E-state index in [9.17, 15) is 0 Å². The van der Waals surface area contributed by atoms with Gasteiger partial charge in [-0.2, -0.15) is 0 Å². The highest BCUT2D eigenvalue weighted by molar-refractivity contribution is 5.41. The van der Waals surface area contributed by atoms with Crippen molar-refractivity contribution in [1.29, 1.82) is 0 Å². The zero-order chi connectivity index (χ0) is 14.5. The van der Waals surface area contributed by atoms with Crippen LogP contribution in [0.25, 0.3) is 0 Å². The number of fused-ring (bicyclic) bond motifs is 1. The van der Waals surface area contributed by atoms with Gasteiger partial charge in [-0.05, 0) is 54.8 Å². The highest BCUT2D eigenvalue weighted by atomic mass is 16.5. The van der Waals surface area contributed by atoms with Crippen LogP contribution in [0.2, 0.25) is 0 Å². The van der Waals surface area contributed by atoms with Crippen molar-refractivity contribution in [2.24, 2.45) is 0 Å². The molecule has 21 heavy (non-hydrogen) atoms. The summed E-state index contributed by atoms with van der Waals surface area (Å²) >= 11 is 0. The molecule has 2 aromatic rings. The molecule has 0 aliphatic carbocycles. The van der Waals surface area contributed by atoms with Crippen molar-refractivity contribution in [3.8, 4) is 11.5 Å². The molecule has 2 N–H and O–H groups in total. The molecular formula is C18H19NO2. The second-order valence-electron chi connectivity index (χ2n) is 5.18. The maximum absolute atomic E-state index is 5.98. The summed E-state index contributed by atoms with van der Waals surface area (Å²) in [4.78, 5) is 0. The first-order valence-electron chi connectivity index (χ1n) is 7.23. The third-order valence-electron chi connectivity index (χ3n) is 3.58. The van der Waals surface area contributed by atoms with Gasteiger partial charge in [0.15, 0.2) is 0 Å². The Balaban J connectivity index is 1.50. The number of anilines is 1. The van der Waals surface area contributed by atoms with E-state index in [2.05, 4.69) is 12.1 Å². The number of ether oxygens (including phenoxy) is 2. The third-order valence-corrected chi connectivity index (χ3v) is 3.58. The lowest BCUT2D eigenvalue weighted by atomic mass is 10.0. The quantitative estimate of drug-likeness (QED) is 0.682. The van der Waals surface area contributed by atoms with Gasteiger partial charge in [0, 0.05) is 12.1 Å². The van der Waals surface area contributed by atoms with Gasteiger partial charge in [0.05, 0.1) is 6.26 Å². The van der Waals surface area contributed by atoms with Crippen LogP contribution in [0, 0.1) is 0 Å². The number of hydrogen-bond donors (Lipinski definition) is 1. The Kier molecular flexibility index (Phi) is 4.10. The van der Waals surface area contributed by atoms with E-state index in [0.717, 1.165) is 36.4 Å². The number of rotatable bonds is 4. The minimum Gasteiger partial charge on any atom is -0.490 e. The monoisotopic (exact) mass is 281 g/mol. The predicted molar refractivity (Wildman–Crippen MR) is 84.4 cm³/mol. The highest BCUT2D eigenvalue weighted by Crippen LogP contribution is 2.28. The molecule has 1 unspecified atom stereocenters. The molecule has 0 bridgehead atoms. The van der Waals surface area contributed by atoms with Crippen LogP contribution in [0.5, 0.6) is 11.5 Å². The summed E-state index contributed by atoms with van der Waals surface area (Å²) in [5, 5.41) is 0.